The van der Waals surface area contributed by atoms with Gasteiger partial charge in [-0.25, -0.2) is 0 Å². The standard InChI is InChI=1S/C72H92O6S4/c1-5-9-13-17-21-25-47-75-59-37-29-55(30-38-59)71(73,56-31-39-60(40-32-56)76-48-26-22-18-14-10-6-2)69-63(45-51-79-69)65-53-67-68(81-65)54-66(82-67)64-46-52-80-70(64)72(74,57-33-41-61(42-34-57)77-49-27-23-19-15-11-7-3)58-35-43-62(44-36-58)78-50-28-24-20-16-12-8-4/h29-46,51-54,73-74H,5-28,47-50H2,1-4H3. The number of rotatable bonds is 40. The number of thiophene rings is 4. The van der Waals surface area contributed by atoms with E-state index in [1.54, 1.807) is 45.3 Å². The first-order valence-electron chi connectivity index (χ1n) is 31.4. The summed E-state index contributed by atoms with van der Waals surface area (Å²) in [6.07, 6.45) is 29.1. The van der Waals surface area contributed by atoms with Crippen molar-refractivity contribution in [2.75, 3.05) is 26.4 Å². The van der Waals surface area contributed by atoms with E-state index in [4.69, 9.17) is 18.9 Å². The van der Waals surface area contributed by atoms with Gasteiger partial charge in [-0.2, -0.15) is 0 Å². The normalized spacial score (nSPS) is 11.9. The molecule has 0 bridgehead atoms. The molecule has 10 heteroatoms. The highest BCUT2D eigenvalue weighted by molar-refractivity contribution is 7.31. The minimum atomic E-state index is -1.45. The molecule has 440 valence electrons. The van der Waals surface area contributed by atoms with Crippen LogP contribution < -0.4 is 18.9 Å². The fourth-order valence-corrected chi connectivity index (χ4v) is 15.7. The molecule has 0 saturated heterocycles. The van der Waals surface area contributed by atoms with Crippen LogP contribution in [-0.4, -0.2) is 36.6 Å². The van der Waals surface area contributed by atoms with Crippen LogP contribution in [0, 0.1) is 0 Å². The van der Waals surface area contributed by atoms with Gasteiger partial charge in [0.05, 0.1) is 36.2 Å². The number of hydrogen-bond donors (Lipinski definition) is 2. The summed E-state index contributed by atoms with van der Waals surface area (Å²) in [4.78, 5) is 3.93. The summed E-state index contributed by atoms with van der Waals surface area (Å²) in [5, 5.41) is 31.1. The zero-order valence-electron chi connectivity index (χ0n) is 49.7. The average molecular weight is 1180 g/mol. The maximum atomic E-state index is 13.5. The van der Waals surface area contributed by atoms with Gasteiger partial charge in [0, 0.05) is 30.3 Å². The molecule has 0 aliphatic heterocycles. The number of ether oxygens (including phenoxy) is 4. The molecule has 2 N–H and O–H groups in total. The second-order valence-corrected chi connectivity index (χ2v) is 26.3. The van der Waals surface area contributed by atoms with Gasteiger partial charge in [0.15, 0.2) is 0 Å². The number of benzene rings is 4. The van der Waals surface area contributed by atoms with Gasteiger partial charge in [0.2, 0.25) is 0 Å². The molecule has 82 heavy (non-hydrogen) atoms. The Bertz CT molecular complexity index is 2660. The fraction of sp³-hybridized carbons (Fsp3) is 0.472. The van der Waals surface area contributed by atoms with E-state index in [1.807, 2.05) is 97.1 Å². The van der Waals surface area contributed by atoms with Crippen molar-refractivity contribution in [3.05, 3.63) is 164 Å². The van der Waals surface area contributed by atoms with Crippen LogP contribution >= 0.6 is 45.3 Å². The van der Waals surface area contributed by atoms with Gasteiger partial charge in [-0.1, -0.05) is 205 Å². The predicted molar refractivity (Wildman–Crippen MR) is 352 cm³/mol. The molecule has 4 heterocycles. The Morgan fingerprint density at radius 3 is 0.817 bits per heavy atom. The summed E-state index contributed by atoms with van der Waals surface area (Å²) in [5.74, 6) is 3.26. The topological polar surface area (TPSA) is 77.4 Å². The van der Waals surface area contributed by atoms with Crippen molar-refractivity contribution in [2.24, 2.45) is 0 Å². The number of hydrogen-bond acceptors (Lipinski definition) is 10. The molecule has 4 aromatic carbocycles. The molecule has 0 amide bonds. The van der Waals surface area contributed by atoms with Crippen LogP contribution in [0.2, 0.25) is 0 Å². The predicted octanol–water partition coefficient (Wildman–Crippen LogP) is 21.9. The molecule has 0 spiro atoms. The van der Waals surface area contributed by atoms with E-state index < -0.39 is 11.2 Å². The number of aliphatic hydroxyl groups is 2. The van der Waals surface area contributed by atoms with Crippen molar-refractivity contribution in [1.82, 2.24) is 0 Å². The summed E-state index contributed by atoms with van der Waals surface area (Å²) in [6, 6.07) is 41.2. The molecule has 0 unspecified atom stereocenters. The van der Waals surface area contributed by atoms with E-state index in [-0.39, 0.29) is 0 Å². The van der Waals surface area contributed by atoms with Crippen molar-refractivity contribution in [3.63, 3.8) is 0 Å². The van der Waals surface area contributed by atoms with Crippen molar-refractivity contribution in [1.29, 1.82) is 0 Å². The molecule has 4 aromatic heterocycles. The lowest BCUT2D eigenvalue weighted by atomic mass is 9.83. The monoisotopic (exact) mass is 1180 g/mol. The SMILES string of the molecule is CCCCCCCCOc1ccc(C(O)(c2ccc(OCCCCCCCC)cc2)c2sccc2-c2cc3sc(-c4ccsc4C(O)(c4ccc(OCCCCCCCC)cc4)c4ccc(OCCCCCCCC)cc4)cc3s2)cc1. The first-order chi connectivity index (χ1) is 40.3. The van der Waals surface area contributed by atoms with Gasteiger partial charge in [-0.15, -0.1) is 45.3 Å². The van der Waals surface area contributed by atoms with E-state index >= 15 is 0 Å². The van der Waals surface area contributed by atoms with Crippen LogP contribution in [0.25, 0.3) is 30.3 Å². The number of fused-ring (bicyclic) bond motifs is 1. The van der Waals surface area contributed by atoms with Crippen LogP contribution in [-0.2, 0) is 11.2 Å². The third-order valence-electron chi connectivity index (χ3n) is 15.9. The summed E-state index contributed by atoms with van der Waals surface area (Å²) in [5.41, 5.74) is 2.26. The molecule has 0 aliphatic rings. The molecule has 8 aromatic rings. The van der Waals surface area contributed by atoms with Gasteiger partial charge in [0.1, 0.15) is 34.2 Å². The molecular formula is C72H92O6S4. The quantitative estimate of drug-likeness (QED) is 0.0373. The molecule has 0 aliphatic carbocycles. The Hall–Kier alpha value is -4.94. The smallest absolute Gasteiger partial charge is 0.150 e. The van der Waals surface area contributed by atoms with E-state index in [2.05, 4.69) is 62.7 Å². The van der Waals surface area contributed by atoms with E-state index in [0.717, 1.165) is 111 Å². The summed E-state index contributed by atoms with van der Waals surface area (Å²) in [6.45, 7) is 11.7. The Morgan fingerprint density at radius 1 is 0.317 bits per heavy atom. The lowest BCUT2D eigenvalue weighted by molar-refractivity contribution is 0.129. The molecule has 8 rings (SSSR count). The maximum absolute atomic E-state index is 13.5. The number of unbranched alkanes of at least 4 members (excludes halogenated alkanes) is 20. The Balaban J connectivity index is 1.05. The van der Waals surface area contributed by atoms with Gasteiger partial charge in [0.25, 0.3) is 0 Å². The molecular weight excluding hydrogens is 1090 g/mol. The van der Waals surface area contributed by atoms with Crippen LogP contribution in [0.5, 0.6) is 23.0 Å². The minimum Gasteiger partial charge on any atom is -0.494 e. The highest BCUT2D eigenvalue weighted by Gasteiger charge is 2.40. The second kappa shape index (κ2) is 33.5. The average Bonchev–Trinajstić information content (AvgIpc) is 3.55. The van der Waals surface area contributed by atoms with E-state index in [0.29, 0.717) is 26.4 Å². The molecule has 0 fully saturated rings. The highest BCUT2D eigenvalue weighted by atomic mass is 32.1. The van der Waals surface area contributed by atoms with Gasteiger partial charge < -0.3 is 29.2 Å². The zero-order valence-corrected chi connectivity index (χ0v) is 52.9. The molecule has 0 saturated carbocycles. The second-order valence-electron chi connectivity index (χ2n) is 22.3. The Kier molecular flexibility index (Phi) is 25.8. The van der Waals surface area contributed by atoms with Crippen molar-refractivity contribution < 1.29 is 29.2 Å². The van der Waals surface area contributed by atoms with E-state index in [1.165, 1.54) is 128 Å². The molecule has 0 radical (unpaired) electrons. The van der Waals surface area contributed by atoms with Crippen LogP contribution in [0.4, 0.5) is 0 Å². The molecule has 6 nitrogen and oxygen atoms in total. The van der Waals surface area contributed by atoms with Crippen LogP contribution in [0.1, 0.15) is 214 Å². The van der Waals surface area contributed by atoms with E-state index in [9.17, 15) is 10.2 Å². The van der Waals surface area contributed by atoms with Crippen molar-refractivity contribution in [2.45, 2.75) is 193 Å². The summed E-state index contributed by atoms with van der Waals surface area (Å²) < 4.78 is 27.3. The van der Waals surface area contributed by atoms with Gasteiger partial charge in [-0.3, -0.25) is 0 Å². The first kappa shape index (κ1) is 63.1. The lowest BCUT2D eigenvalue weighted by Gasteiger charge is -2.30. The van der Waals surface area contributed by atoms with Crippen molar-refractivity contribution in [3.8, 4) is 43.9 Å². The molecule has 0 atom stereocenters. The third kappa shape index (κ3) is 17.1. The van der Waals surface area contributed by atoms with Crippen LogP contribution in [0.3, 0.4) is 0 Å². The highest BCUT2D eigenvalue weighted by Crippen LogP contribution is 2.52. The van der Waals surface area contributed by atoms with Gasteiger partial charge in [-0.05, 0) is 131 Å². The fourth-order valence-electron chi connectivity index (χ4n) is 11.0. The van der Waals surface area contributed by atoms with Crippen LogP contribution in [0.15, 0.2) is 132 Å². The minimum absolute atomic E-state index is 0.683. The largest absolute Gasteiger partial charge is 0.494 e. The maximum Gasteiger partial charge on any atom is 0.150 e. The Morgan fingerprint density at radius 2 is 0.561 bits per heavy atom. The van der Waals surface area contributed by atoms with Crippen molar-refractivity contribution >= 4 is 54.7 Å². The van der Waals surface area contributed by atoms with Gasteiger partial charge >= 0.3 is 0 Å². The zero-order chi connectivity index (χ0) is 57.2. The lowest BCUT2D eigenvalue weighted by Crippen LogP contribution is -2.28. The first-order valence-corrected chi connectivity index (χ1v) is 34.8. The Labute approximate surface area is 507 Å². The third-order valence-corrected chi connectivity index (χ3v) is 20.3. The summed E-state index contributed by atoms with van der Waals surface area (Å²) in [7, 11) is 0. The summed E-state index contributed by atoms with van der Waals surface area (Å²) >= 11 is 6.66.